The highest BCUT2D eigenvalue weighted by Gasteiger charge is 2.11. The van der Waals surface area contributed by atoms with E-state index in [1.807, 2.05) is 36.9 Å². The largest absolute Gasteiger partial charge is 0.395 e. The van der Waals surface area contributed by atoms with Crippen molar-refractivity contribution in [2.24, 2.45) is 0 Å². The molecule has 4 heteroatoms. The van der Waals surface area contributed by atoms with Crippen molar-refractivity contribution < 1.29 is 9.90 Å². The molecule has 1 amide bonds. The monoisotopic (exact) mass is 292 g/mol. The summed E-state index contributed by atoms with van der Waals surface area (Å²) in [7, 11) is 0. The van der Waals surface area contributed by atoms with Crippen molar-refractivity contribution in [3.8, 4) is 0 Å². The standard InChI is InChI=1S/C17H28N2O2/c1-4-5-6-9-19(10-11-20)13-17(21)18-16-12-14(2)7-8-15(16)3/h7-8,12,20H,4-6,9-11,13H2,1-3H3,(H,18,21). The van der Waals surface area contributed by atoms with Gasteiger partial charge in [0.2, 0.25) is 5.91 Å². The van der Waals surface area contributed by atoms with Gasteiger partial charge < -0.3 is 10.4 Å². The molecule has 0 unspecified atom stereocenters. The molecule has 0 aromatic heterocycles. The van der Waals surface area contributed by atoms with Gasteiger partial charge in [-0.1, -0.05) is 31.9 Å². The highest BCUT2D eigenvalue weighted by Crippen LogP contribution is 2.16. The fraction of sp³-hybridized carbons (Fsp3) is 0.588. The number of carbonyl (C=O) groups is 1. The Hall–Kier alpha value is -1.39. The van der Waals surface area contributed by atoms with Crippen LogP contribution in [0.4, 0.5) is 5.69 Å². The average molecular weight is 292 g/mol. The Bertz CT molecular complexity index is 446. The van der Waals surface area contributed by atoms with Crippen LogP contribution in [0.3, 0.4) is 0 Å². The molecule has 1 aromatic rings. The molecule has 21 heavy (non-hydrogen) atoms. The van der Waals surface area contributed by atoms with Crippen LogP contribution in [0.15, 0.2) is 18.2 Å². The number of nitrogens with one attached hydrogen (secondary N) is 1. The van der Waals surface area contributed by atoms with E-state index in [0.717, 1.165) is 42.6 Å². The number of nitrogens with zero attached hydrogens (tertiary/aromatic N) is 1. The highest BCUT2D eigenvalue weighted by atomic mass is 16.3. The normalized spacial score (nSPS) is 10.9. The number of hydrogen-bond donors (Lipinski definition) is 2. The third-order valence-corrected chi connectivity index (χ3v) is 3.53. The summed E-state index contributed by atoms with van der Waals surface area (Å²) >= 11 is 0. The van der Waals surface area contributed by atoms with Crippen molar-refractivity contribution in [3.05, 3.63) is 29.3 Å². The fourth-order valence-corrected chi connectivity index (χ4v) is 2.26. The van der Waals surface area contributed by atoms with E-state index in [0.29, 0.717) is 13.1 Å². The van der Waals surface area contributed by atoms with Crippen molar-refractivity contribution in [2.75, 3.05) is 31.6 Å². The number of aliphatic hydroxyl groups is 1. The van der Waals surface area contributed by atoms with Crippen LogP contribution in [0.1, 0.15) is 37.3 Å². The Morgan fingerprint density at radius 3 is 2.67 bits per heavy atom. The molecule has 0 atom stereocenters. The molecule has 4 nitrogen and oxygen atoms in total. The predicted octanol–water partition coefficient (Wildman–Crippen LogP) is 2.73. The van der Waals surface area contributed by atoms with Crippen molar-refractivity contribution in [3.63, 3.8) is 0 Å². The number of amides is 1. The Morgan fingerprint density at radius 1 is 1.24 bits per heavy atom. The number of hydrogen-bond acceptors (Lipinski definition) is 3. The second-order valence-electron chi connectivity index (χ2n) is 5.57. The number of benzene rings is 1. The van der Waals surface area contributed by atoms with Crippen molar-refractivity contribution in [1.82, 2.24) is 4.90 Å². The SMILES string of the molecule is CCCCCN(CCO)CC(=O)Nc1cc(C)ccc1C. The molecule has 2 N–H and O–H groups in total. The molecule has 0 spiro atoms. The van der Waals surface area contributed by atoms with E-state index in [-0.39, 0.29) is 12.5 Å². The lowest BCUT2D eigenvalue weighted by Gasteiger charge is -2.21. The summed E-state index contributed by atoms with van der Waals surface area (Å²) in [6.07, 6.45) is 3.37. The zero-order chi connectivity index (χ0) is 15.7. The molecule has 0 aliphatic rings. The highest BCUT2D eigenvalue weighted by molar-refractivity contribution is 5.93. The number of unbranched alkanes of at least 4 members (excludes halogenated alkanes) is 2. The maximum Gasteiger partial charge on any atom is 0.238 e. The summed E-state index contributed by atoms with van der Waals surface area (Å²) in [5, 5.41) is 12.1. The number of aliphatic hydroxyl groups excluding tert-OH is 1. The van der Waals surface area contributed by atoms with Crippen LogP contribution in [-0.2, 0) is 4.79 Å². The quantitative estimate of drug-likeness (QED) is 0.688. The lowest BCUT2D eigenvalue weighted by atomic mass is 10.1. The molecule has 0 saturated carbocycles. The topological polar surface area (TPSA) is 52.6 Å². The number of rotatable bonds is 9. The van der Waals surface area contributed by atoms with Gasteiger partial charge in [-0.3, -0.25) is 9.69 Å². The summed E-state index contributed by atoms with van der Waals surface area (Å²) in [6, 6.07) is 6.03. The second kappa shape index (κ2) is 9.53. The van der Waals surface area contributed by atoms with E-state index < -0.39 is 0 Å². The zero-order valence-electron chi connectivity index (χ0n) is 13.5. The van der Waals surface area contributed by atoms with Gasteiger partial charge in [-0.2, -0.15) is 0 Å². The van der Waals surface area contributed by atoms with E-state index in [9.17, 15) is 4.79 Å². The first-order valence-electron chi connectivity index (χ1n) is 7.77. The van der Waals surface area contributed by atoms with E-state index in [1.165, 1.54) is 0 Å². The molecular weight excluding hydrogens is 264 g/mol. The van der Waals surface area contributed by atoms with Crippen molar-refractivity contribution >= 4 is 11.6 Å². The molecule has 0 fully saturated rings. The molecule has 0 aliphatic carbocycles. The Labute approximate surface area is 128 Å². The van der Waals surface area contributed by atoms with Crippen LogP contribution in [0.25, 0.3) is 0 Å². The van der Waals surface area contributed by atoms with E-state index in [2.05, 4.69) is 12.2 Å². The second-order valence-corrected chi connectivity index (χ2v) is 5.57. The molecule has 0 aliphatic heterocycles. The Balaban J connectivity index is 2.54. The van der Waals surface area contributed by atoms with Gasteiger partial charge in [-0.05, 0) is 44.0 Å². The zero-order valence-corrected chi connectivity index (χ0v) is 13.5. The first-order valence-corrected chi connectivity index (χ1v) is 7.77. The van der Waals surface area contributed by atoms with Gasteiger partial charge >= 0.3 is 0 Å². The smallest absolute Gasteiger partial charge is 0.238 e. The lowest BCUT2D eigenvalue weighted by molar-refractivity contribution is -0.117. The predicted molar refractivity (Wildman–Crippen MR) is 87.6 cm³/mol. The summed E-state index contributed by atoms with van der Waals surface area (Å²) < 4.78 is 0. The first-order chi connectivity index (χ1) is 10.1. The van der Waals surface area contributed by atoms with Crippen LogP contribution in [0.2, 0.25) is 0 Å². The summed E-state index contributed by atoms with van der Waals surface area (Å²) in [4.78, 5) is 14.2. The van der Waals surface area contributed by atoms with Gasteiger partial charge in [-0.25, -0.2) is 0 Å². The molecule has 1 aromatic carbocycles. The van der Waals surface area contributed by atoms with Crippen LogP contribution in [-0.4, -0.2) is 42.2 Å². The van der Waals surface area contributed by atoms with E-state index >= 15 is 0 Å². The van der Waals surface area contributed by atoms with Gasteiger partial charge in [0.15, 0.2) is 0 Å². The number of aryl methyl sites for hydroxylation is 2. The van der Waals surface area contributed by atoms with Gasteiger partial charge in [0.05, 0.1) is 13.2 Å². The summed E-state index contributed by atoms with van der Waals surface area (Å²) in [6.45, 7) is 7.97. The molecule has 0 heterocycles. The molecule has 1 rings (SSSR count). The van der Waals surface area contributed by atoms with Gasteiger partial charge in [0.25, 0.3) is 0 Å². The van der Waals surface area contributed by atoms with Crippen molar-refractivity contribution in [2.45, 2.75) is 40.0 Å². The Kier molecular flexibility index (Phi) is 8.01. The van der Waals surface area contributed by atoms with Crippen LogP contribution >= 0.6 is 0 Å². The molecular formula is C17H28N2O2. The minimum Gasteiger partial charge on any atom is -0.395 e. The minimum atomic E-state index is -0.0198. The molecule has 0 saturated heterocycles. The number of anilines is 1. The van der Waals surface area contributed by atoms with Gasteiger partial charge in [0, 0.05) is 12.2 Å². The maximum absolute atomic E-state index is 12.2. The molecule has 0 bridgehead atoms. The number of carbonyl (C=O) groups excluding carboxylic acids is 1. The molecule has 0 radical (unpaired) electrons. The Morgan fingerprint density at radius 2 is 2.00 bits per heavy atom. The van der Waals surface area contributed by atoms with Crippen molar-refractivity contribution in [1.29, 1.82) is 0 Å². The fourth-order valence-electron chi connectivity index (χ4n) is 2.26. The maximum atomic E-state index is 12.2. The third-order valence-electron chi connectivity index (χ3n) is 3.53. The first kappa shape index (κ1) is 17.7. The summed E-state index contributed by atoms with van der Waals surface area (Å²) in [5.74, 6) is -0.0198. The average Bonchev–Trinajstić information content (AvgIpc) is 2.43. The minimum absolute atomic E-state index is 0.0198. The van der Waals surface area contributed by atoms with E-state index in [1.54, 1.807) is 0 Å². The molecule has 118 valence electrons. The van der Waals surface area contributed by atoms with Crippen LogP contribution in [0.5, 0.6) is 0 Å². The van der Waals surface area contributed by atoms with Crippen LogP contribution < -0.4 is 5.32 Å². The van der Waals surface area contributed by atoms with E-state index in [4.69, 9.17) is 5.11 Å². The summed E-state index contributed by atoms with van der Waals surface area (Å²) in [5.41, 5.74) is 3.07. The van der Waals surface area contributed by atoms with Crippen LogP contribution in [0, 0.1) is 13.8 Å². The van der Waals surface area contributed by atoms with Gasteiger partial charge in [-0.15, -0.1) is 0 Å². The third kappa shape index (κ3) is 6.74. The van der Waals surface area contributed by atoms with Gasteiger partial charge in [0.1, 0.15) is 0 Å². The lowest BCUT2D eigenvalue weighted by Crippen LogP contribution is -2.36.